The highest BCUT2D eigenvalue weighted by atomic mass is 35.5. The van der Waals surface area contributed by atoms with Crippen molar-refractivity contribution in [1.29, 1.82) is 0 Å². The summed E-state index contributed by atoms with van der Waals surface area (Å²) in [6.07, 6.45) is 6.40. The van der Waals surface area contributed by atoms with E-state index < -0.39 is 35.6 Å². The minimum absolute atomic E-state index is 0.0654. The molecule has 9 heteroatoms. The van der Waals surface area contributed by atoms with E-state index in [9.17, 15) is 19.5 Å². The van der Waals surface area contributed by atoms with Gasteiger partial charge in [0.25, 0.3) is 5.91 Å². The Kier molecular flexibility index (Phi) is 8.72. The standard InChI is InChI=1S/C28H35ClN2O6/c1-3-5-18-36-27(35)22-21-13-14-28(37-21)23(22)25(33)31(16-7-6-8-17-32)24(28)26(34)30(15-4-2)20-11-9-19(29)10-12-20/h3-4,9-12,21-24,32H,1-2,5-8,13-18H2/t21-,22+,23-,24?,28?/m0/s1. The Labute approximate surface area is 222 Å². The molecule has 2 bridgehead atoms. The first-order valence-electron chi connectivity index (χ1n) is 12.9. The summed E-state index contributed by atoms with van der Waals surface area (Å²) in [5.41, 5.74) is -0.459. The van der Waals surface area contributed by atoms with Gasteiger partial charge in [0.1, 0.15) is 11.6 Å². The lowest BCUT2D eigenvalue weighted by atomic mass is 9.70. The van der Waals surface area contributed by atoms with Crippen LogP contribution in [0.15, 0.2) is 49.6 Å². The van der Waals surface area contributed by atoms with E-state index in [-0.39, 0.29) is 31.6 Å². The number of hydrogen-bond donors (Lipinski definition) is 1. The van der Waals surface area contributed by atoms with Gasteiger partial charge in [-0.15, -0.1) is 13.2 Å². The van der Waals surface area contributed by atoms with Gasteiger partial charge in [-0.3, -0.25) is 14.4 Å². The lowest BCUT2D eigenvalue weighted by molar-refractivity contribution is -0.155. The van der Waals surface area contributed by atoms with Crippen LogP contribution in [0.2, 0.25) is 5.02 Å². The molecule has 0 saturated carbocycles. The number of ether oxygens (including phenoxy) is 2. The number of anilines is 1. The quantitative estimate of drug-likeness (QED) is 0.238. The van der Waals surface area contributed by atoms with E-state index >= 15 is 0 Å². The molecule has 3 fully saturated rings. The number of aliphatic hydroxyl groups is 1. The summed E-state index contributed by atoms with van der Waals surface area (Å²) in [4.78, 5) is 44.5. The SMILES string of the molecule is C=CCCOC(=O)[C@@H]1[C@@H]2CCC3(O2)C(C(=O)N(CC=C)c2ccc(Cl)cc2)N(CCCCCO)C(=O)[C@H]13. The third kappa shape index (κ3) is 5.07. The molecule has 1 N–H and O–H groups in total. The van der Waals surface area contributed by atoms with Crippen LogP contribution in [0.4, 0.5) is 5.69 Å². The second-order valence-electron chi connectivity index (χ2n) is 9.83. The number of unbranched alkanes of at least 4 members (excludes halogenated alkanes) is 2. The van der Waals surface area contributed by atoms with Crippen LogP contribution in [0.5, 0.6) is 0 Å². The molecule has 37 heavy (non-hydrogen) atoms. The number of nitrogens with zero attached hydrogens (tertiary/aromatic N) is 2. The summed E-state index contributed by atoms with van der Waals surface area (Å²) in [7, 11) is 0. The van der Waals surface area contributed by atoms with Gasteiger partial charge in [-0.05, 0) is 62.8 Å². The van der Waals surface area contributed by atoms with Crippen molar-refractivity contribution in [2.24, 2.45) is 11.8 Å². The van der Waals surface area contributed by atoms with E-state index in [1.165, 1.54) is 0 Å². The fraction of sp³-hybridized carbons (Fsp3) is 0.536. The Morgan fingerprint density at radius 3 is 2.65 bits per heavy atom. The van der Waals surface area contributed by atoms with Crippen molar-refractivity contribution in [2.75, 3.05) is 31.2 Å². The van der Waals surface area contributed by atoms with Crippen molar-refractivity contribution >= 4 is 35.1 Å². The largest absolute Gasteiger partial charge is 0.465 e. The number of fused-ring (bicyclic) bond motifs is 1. The monoisotopic (exact) mass is 530 g/mol. The Hall–Kier alpha value is -2.68. The first-order chi connectivity index (χ1) is 17.9. The van der Waals surface area contributed by atoms with Crippen molar-refractivity contribution in [3.8, 4) is 0 Å². The molecule has 8 nitrogen and oxygen atoms in total. The summed E-state index contributed by atoms with van der Waals surface area (Å²) in [5, 5.41) is 9.74. The zero-order valence-electron chi connectivity index (χ0n) is 21.0. The Bertz CT molecular complexity index is 1030. The van der Waals surface area contributed by atoms with Gasteiger partial charge < -0.3 is 24.4 Å². The molecule has 5 atom stereocenters. The number of halogens is 1. The number of hydrogen-bond acceptors (Lipinski definition) is 6. The average molecular weight is 531 g/mol. The first kappa shape index (κ1) is 27.4. The number of likely N-dealkylation sites (tertiary alicyclic amines) is 1. The van der Waals surface area contributed by atoms with Gasteiger partial charge >= 0.3 is 5.97 Å². The van der Waals surface area contributed by atoms with Gasteiger partial charge in [-0.25, -0.2) is 0 Å². The molecule has 0 radical (unpaired) electrons. The lowest BCUT2D eigenvalue weighted by Crippen LogP contribution is -2.56. The predicted molar refractivity (Wildman–Crippen MR) is 140 cm³/mol. The van der Waals surface area contributed by atoms with E-state index in [4.69, 9.17) is 21.1 Å². The van der Waals surface area contributed by atoms with Crippen LogP contribution in [0.25, 0.3) is 0 Å². The Balaban J connectivity index is 1.69. The number of rotatable bonds is 13. The topological polar surface area (TPSA) is 96.4 Å². The normalized spacial score (nSPS) is 27.7. The van der Waals surface area contributed by atoms with Gasteiger partial charge in [0, 0.05) is 30.4 Å². The third-order valence-corrected chi connectivity index (χ3v) is 7.90. The number of carbonyl (C=O) groups excluding carboxylic acids is 3. The Morgan fingerprint density at radius 1 is 1.22 bits per heavy atom. The molecule has 0 aliphatic carbocycles. The molecule has 1 aromatic carbocycles. The zero-order valence-corrected chi connectivity index (χ0v) is 21.8. The van der Waals surface area contributed by atoms with Gasteiger partial charge in [-0.1, -0.05) is 23.8 Å². The highest BCUT2D eigenvalue weighted by Gasteiger charge is 2.75. The highest BCUT2D eigenvalue weighted by Crippen LogP contribution is 2.59. The molecule has 3 aliphatic rings. The lowest BCUT2D eigenvalue weighted by Gasteiger charge is -2.36. The van der Waals surface area contributed by atoms with Crippen LogP contribution in [-0.4, -0.2) is 71.8 Å². The third-order valence-electron chi connectivity index (χ3n) is 7.65. The maximum atomic E-state index is 14.3. The van der Waals surface area contributed by atoms with Crippen molar-refractivity contribution in [2.45, 2.75) is 56.3 Å². The maximum absolute atomic E-state index is 14.3. The Morgan fingerprint density at radius 2 is 1.97 bits per heavy atom. The van der Waals surface area contributed by atoms with Gasteiger partial charge in [0.15, 0.2) is 0 Å². The number of esters is 1. The summed E-state index contributed by atoms with van der Waals surface area (Å²) in [6, 6.07) is 6.05. The molecular formula is C28H35ClN2O6. The fourth-order valence-electron chi connectivity index (χ4n) is 6.07. The molecule has 1 aromatic rings. The molecule has 3 saturated heterocycles. The van der Waals surface area contributed by atoms with Gasteiger partial charge in [0.2, 0.25) is 5.91 Å². The highest BCUT2D eigenvalue weighted by molar-refractivity contribution is 6.30. The van der Waals surface area contributed by atoms with Crippen LogP contribution >= 0.6 is 11.6 Å². The molecular weight excluding hydrogens is 496 g/mol. The molecule has 200 valence electrons. The van der Waals surface area contributed by atoms with Crippen molar-refractivity contribution in [3.05, 3.63) is 54.6 Å². The minimum Gasteiger partial charge on any atom is -0.465 e. The summed E-state index contributed by atoms with van der Waals surface area (Å²) >= 11 is 6.08. The second kappa shape index (κ2) is 11.8. The van der Waals surface area contributed by atoms with Gasteiger partial charge in [0.05, 0.1) is 24.5 Å². The van der Waals surface area contributed by atoms with E-state index in [2.05, 4.69) is 13.2 Å². The van der Waals surface area contributed by atoms with E-state index in [1.54, 1.807) is 46.2 Å². The summed E-state index contributed by atoms with van der Waals surface area (Å²) in [5.74, 6) is -2.50. The number of aliphatic hydroxyl groups excluding tert-OH is 1. The zero-order chi connectivity index (χ0) is 26.6. The number of carbonyl (C=O) groups is 3. The molecule has 4 rings (SSSR count). The smallest absolute Gasteiger partial charge is 0.312 e. The van der Waals surface area contributed by atoms with Gasteiger partial charge in [-0.2, -0.15) is 0 Å². The molecule has 3 heterocycles. The minimum atomic E-state index is -1.09. The first-order valence-corrected chi connectivity index (χ1v) is 13.3. The average Bonchev–Trinajstić information content (AvgIpc) is 3.53. The molecule has 2 amide bonds. The van der Waals surface area contributed by atoms with Crippen molar-refractivity contribution in [3.63, 3.8) is 0 Å². The van der Waals surface area contributed by atoms with Crippen LogP contribution in [0, 0.1) is 11.8 Å². The molecule has 3 aliphatic heterocycles. The van der Waals surface area contributed by atoms with E-state index in [0.29, 0.717) is 55.8 Å². The van der Waals surface area contributed by atoms with E-state index in [1.807, 2.05) is 0 Å². The second-order valence-corrected chi connectivity index (χ2v) is 10.3. The van der Waals surface area contributed by atoms with Crippen LogP contribution < -0.4 is 4.90 Å². The molecule has 0 aromatic heterocycles. The molecule has 1 spiro atoms. The van der Waals surface area contributed by atoms with E-state index in [0.717, 1.165) is 0 Å². The number of benzene rings is 1. The fourth-order valence-corrected chi connectivity index (χ4v) is 6.20. The van der Waals surface area contributed by atoms with Crippen LogP contribution in [0.3, 0.4) is 0 Å². The predicted octanol–water partition coefficient (Wildman–Crippen LogP) is 3.52. The molecule has 2 unspecified atom stereocenters. The number of amides is 2. The van der Waals surface area contributed by atoms with Crippen LogP contribution in [-0.2, 0) is 23.9 Å². The van der Waals surface area contributed by atoms with Crippen LogP contribution in [0.1, 0.15) is 38.5 Å². The van der Waals surface area contributed by atoms with Crippen molar-refractivity contribution < 1.29 is 29.0 Å². The maximum Gasteiger partial charge on any atom is 0.312 e. The summed E-state index contributed by atoms with van der Waals surface area (Å²) < 4.78 is 11.9. The van der Waals surface area contributed by atoms with Crippen molar-refractivity contribution in [1.82, 2.24) is 4.90 Å². The summed E-state index contributed by atoms with van der Waals surface area (Å²) in [6.45, 7) is 8.30.